The molecule has 0 amide bonds. The van der Waals surface area contributed by atoms with Crippen molar-refractivity contribution in [3.05, 3.63) is 29.3 Å². The Morgan fingerprint density at radius 2 is 2.00 bits per heavy atom. The Kier molecular flexibility index (Phi) is 6.16. The number of hydrogen-bond acceptors (Lipinski definition) is 3. The molecule has 0 aliphatic heterocycles. The van der Waals surface area contributed by atoms with Crippen LogP contribution in [0.2, 0.25) is 0 Å². The molecule has 0 radical (unpaired) electrons. The molecule has 0 heterocycles. The molecule has 1 aromatic carbocycles. The highest BCUT2D eigenvalue weighted by atomic mass is 16.5. The molecular weight excluding hydrogens is 224 g/mol. The molecule has 3 N–H and O–H groups in total. The Morgan fingerprint density at radius 1 is 1.28 bits per heavy atom. The predicted molar refractivity (Wildman–Crippen MR) is 77.3 cm³/mol. The van der Waals surface area contributed by atoms with Crippen LogP contribution in [0.25, 0.3) is 0 Å². The molecule has 0 aliphatic rings. The summed E-state index contributed by atoms with van der Waals surface area (Å²) in [5, 5.41) is 3.35. The van der Waals surface area contributed by atoms with Gasteiger partial charge in [-0.05, 0) is 43.0 Å². The molecule has 3 nitrogen and oxygen atoms in total. The van der Waals surface area contributed by atoms with Gasteiger partial charge in [0.15, 0.2) is 0 Å². The van der Waals surface area contributed by atoms with E-state index in [0.29, 0.717) is 5.92 Å². The average Bonchev–Trinajstić information content (AvgIpc) is 2.34. The summed E-state index contributed by atoms with van der Waals surface area (Å²) < 4.78 is 5.39. The third-order valence-electron chi connectivity index (χ3n) is 2.97. The van der Waals surface area contributed by atoms with Gasteiger partial charge in [0.25, 0.3) is 0 Å². The van der Waals surface area contributed by atoms with Gasteiger partial charge < -0.3 is 15.8 Å². The first kappa shape index (κ1) is 15.0. The molecule has 1 rings (SSSR count). The number of nitrogens with one attached hydrogen (secondary N) is 1. The van der Waals surface area contributed by atoms with Gasteiger partial charge in [0, 0.05) is 12.6 Å². The number of hydrogen-bond donors (Lipinski definition) is 2. The van der Waals surface area contributed by atoms with Crippen LogP contribution in [0, 0.1) is 0 Å². The first-order chi connectivity index (χ1) is 8.54. The molecule has 1 atom stereocenters. The van der Waals surface area contributed by atoms with Crippen LogP contribution < -0.4 is 15.8 Å². The van der Waals surface area contributed by atoms with E-state index in [1.54, 1.807) is 7.11 Å². The van der Waals surface area contributed by atoms with Gasteiger partial charge in [-0.1, -0.05) is 26.0 Å². The van der Waals surface area contributed by atoms with Gasteiger partial charge in [-0.25, -0.2) is 0 Å². The Bertz CT molecular complexity index is 362. The van der Waals surface area contributed by atoms with E-state index < -0.39 is 0 Å². The van der Waals surface area contributed by atoms with E-state index in [-0.39, 0.29) is 6.04 Å². The predicted octanol–water partition coefficient (Wildman–Crippen LogP) is 2.30. The van der Waals surface area contributed by atoms with Crippen molar-refractivity contribution >= 4 is 0 Å². The molecule has 1 aromatic rings. The summed E-state index contributed by atoms with van der Waals surface area (Å²) in [6.07, 6.45) is 1.02. The molecular formula is C15H26N2O. The lowest BCUT2D eigenvalue weighted by Crippen LogP contribution is -2.32. The van der Waals surface area contributed by atoms with E-state index in [2.05, 4.69) is 37.4 Å². The van der Waals surface area contributed by atoms with Gasteiger partial charge in [-0.2, -0.15) is 0 Å². The van der Waals surface area contributed by atoms with Crippen LogP contribution in [0.5, 0.6) is 5.75 Å². The van der Waals surface area contributed by atoms with Crippen molar-refractivity contribution in [2.75, 3.05) is 20.2 Å². The quantitative estimate of drug-likeness (QED) is 0.730. The largest absolute Gasteiger partial charge is 0.496 e. The number of methoxy groups -OCH3 is 1. The average molecular weight is 250 g/mol. The molecule has 1 unspecified atom stereocenters. The maximum absolute atomic E-state index is 5.69. The summed E-state index contributed by atoms with van der Waals surface area (Å²) in [7, 11) is 1.73. The standard InChI is InChI=1S/C15H26N2O/c1-11(2)14-9-13(5-6-15(14)18-4)7-8-17-10-12(3)16/h5-6,9,11-12,17H,7-8,10,16H2,1-4H3. The van der Waals surface area contributed by atoms with Crippen LogP contribution in [0.4, 0.5) is 0 Å². The van der Waals surface area contributed by atoms with E-state index in [9.17, 15) is 0 Å². The summed E-state index contributed by atoms with van der Waals surface area (Å²) in [5.41, 5.74) is 8.32. The van der Waals surface area contributed by atoms with Crippen molar-refractivity contribution < 1.29 is 4.74 Å². The lowest BCUT2D eigenvalue weighted by Gasteiger charge is -2.14. The van der Waals surface area contributed by atoms with Crippen molar-refractivity contribution in [1.29, 1.82) is 0 Å². The van der Waals surface area contributed by atoms with Gasteiger partial charge in [-0.3, -0.25) is 0 Å². The maximum atomic E-state index is 5.69. The molecule has 0 fully saturated rings. The van der Waals surface area contributed by atoms with E-state index in [0.717, 1.165) is 25.3 Å². The second-order valence-corrected chi connectivity index (χ2v) is 5.16. The third kappa shape index (κ3) is 4.67. The topological polar surface area (TPSA) is 47.3 Å². The number of rotatable bonds is 7. The van der Waals surface area contributed by atoms with Crippen LogP contribution in [-0.4, -0.2) is 26.2 Å². The SMILES string of the molecule is COc1ccc(CCNCC(C)N)cc1C(C)C. The molecule has 0 aliphatic carbocycles. The van der Waals surface area contributed by atoms with Crippen molar-refractivity contribution in [2.24, 2.45) is 5.73 Å². The summed E-state index contributed by atoms with van der Waals surface area (Å²) >= 11 is 0. The molecule has 0 bridgehead atoms. The monoisotopic (exact) mass is 250 g/mol. The van der Waals surface area contributed by atoms with Crippen molar-refractivity contribution in [2.45, 2.75) is 39.2 Å². The summed E-state index contributed by atoms with van der Waals surface area (Å²) in [6.45, 7) is 8.22. The van der Waals surface area contributed by atoms with Gasteiger partial charge in [0.1, 0.15) is 5.75 Å². The van der Waals surface area contributed by atoms with Gasteiger partial charge in [0.05, 0.1) is 7.11 Å². The Balaban J connectivity index is 2.59. The fourth-order valence-corrected chi connectivity index (χ4v) is 1.95. The minimum Gasteiger partial charge on any atom is -0.496 e. The van der Waals surface area contributed by atoms with Crippen LogP contribution in [-0.2, 0) is 6.42 Å². The fourth-order valence-electron chi connectivity index (χ4n) is 1.95. The van der Waals surface area contributed by atoms with E-state index in [1.807, 2.05) is 6.92 Å². The molecule has 102 valence electrons. The van der Waals surface area contributed by atoms with Crippen LogP contribution in [0.1, 0.15) is 37.8 Å². The molecule has 0 saturated carbocycles. The van der Waals surface area contributed by atoms with E-state index in [4.69, 9.17) is 10.5 Å². The van der Waals surface area contributed by atoms with E-state index in [1.165, 1.54) is 11.1 Å². The summed E-state index contributed by atoms with van der Waals surface area (Å²) in [6, 6.07) is 6.66. The molecule has 0 aromatic heterocycles. The molecule has 18 heavy (non-hydrogen) atoms. The summed E-state index contributed by atoms with van der Waals surface area (Å²) in [5.74, 6) is 1.47. The fraction of sp³-hybridized carbons (Fsp3) is 0.600. The lowest BCUT2D eigenvalue weighted by atomic mass is 9.98. The minimum absolute atomic E-state index is 0.215. The summed E-state index contributed by atoms with van der Waals surface area (Å²) in [4.78, 5) is 0. The second-order valence-electron chi connectivity index (χ2n) is 5.16. The zero-order chi connectivity index (χ0) is 13.5. The molecule has 0 saturated heterocycles. The third-order valence-corrected chi connectivity index (χ3v) is 2.97. The minimum atomic E-state index is 0.215. The van der Waals surface area contributed by atoms with Crippen LogP contribution in [0.15, 0.2) is 18.2 Å². The van der Waals surface area contributed by atoms with Crippen molar-refractivity contribution in [1.82, 2.24) is 5.32 Å². The number of ether oxygens (including phenoxy) is 1. The Hall–Kier alpha value is -1.06. The van der Waals surface area contributed by atoms with Crippen LogP contribution in [0.3, 0.4) is 0 Å². The zero-order valence-electron chi connectivity index (χ0n) is 12.0. The highest BCUT2D eigenvalue weighted by molar-refractivity contribution is 5.39. The van der Waals surface area contributed by atoms with E-state index >= 15 is 0 Å². The number of benzene rings is 1. The maximum Gasteiger partial charge on any atom is 0.122 e. The Morgan fingerprint density at radius 3 is 2.56 bits per heavy atom. The normalized spacial score (nSPS) is 12.8. The molecule has 0 spiro atoms. The lowest BCUT2D eigenvalue weighted by molar-refractivity contribution is 0.407. The highest BCUT2D eigenvalue weighted by Gasteiger charge is 2.08. The zero-order valence-corrected chi connectivity index (χ0v) is 12.0. The molecule has 3 heteroatoms. The Labute approximate surface area is 111 Å². The number of nitrogens with two attached hydrogens (primary N) is 1. The first-order valence-corrected chi connectivity index (χ1v) is 6.67. The van der Waals surface area contributed by atoms with Gasteiger partial charge in [0.2, 0.25) is 0 Å². The second kappa shape index (κ2) is 7.39. The van der Waals surface area contributed by atoms with Gasteiger partial charge >= 0.3 is 0 Å². The highest BCUT2D eigenvalue weighted by Crippen LogP contribution is 2.27. The van der Waals surface area contributed by atoms with Crippen molar-refractivity contribution in [3.8, 4) is 5.75 Å². The smallest absolute Gasteiger partial charge is 0.122 e. The van der Waals surface area contributed by atoms with Crippen LogP contribution >= 0.6 is 0 Å². The van der Waals surface area contributed by atoms with Gasteiger partial charge in [-0.15, -0.1) is 0 Å². The van der Waals surface area contributed by atoms with Crippen molar-refractivity contribution in [3.63, 3.8) is 0 Å². The first-order valence-electron chi connectivity index (χ1n) is 6.67.